The third kappa shape index (κ3) is 5.88. The van der Waals surface area contributed by atoms with Gasteiger partial charge >= 0.3 is 5.97 Å². The number of rotatable bonds is 7. The number of carbonyl (C=O) groups excluding carboxylic acids is 1. The lowest BCUT2D eigenvalue weighted by Gasteiger charge is -2.08. The number of amides is 1. The van der Waals surface area contributed by atoms with Gasteiger partial charge in [0.2, 0.25) is 5.91 Å². The number of carboxylic acid groups (broad SMARTS) is 1. The van der Waals surface area contributed by atoms with Gasteiger partial charge in [-0.3, -0.25) is 4.79 Å². The van der Waals surface area contributed by atoms with Crippen LogP contribution in [-0.4, -0.2) is 30.1 Å². The summed E-state index contributed by atoms with van der Waals surface area (Å²) in [4.78, 5) is 21.8. The van der Waals surface area contributed by atoms with Crippen molar-refractivity contribution in [2.75, 3.05) is 13.2 Å². The second kappa shape index (κ2) is 8.37. The van der Waals surface area contributed by atoms with Crippen LogP contribution in [0.2, 0.25) is 0 Å². The summed E-state index contributed by atoms with van der Waals surface area (Å²) in [5.41, 5.74) is 0.697. The molecule has 0 heterocycles. The maximum atomic E-state index is 11.3. The quantitative estimate of drug-likeness (QED) is 0.747. The highest BCUT2D eigenvalue weighted by molar-refractivity contribution is 9.10. The number of benzene rings is 1. The third-order valence-electron chi connectivity index (χ3n) is 2.34. The molecule has 0 atom stereocenters. The SMILES string of the molecule is CCNC(=O)CCOc1ccc(Br)c(/C=C/C(=O)O)c1. The fourth-order valence-electron chi connectivity index (χ4n) is 1.45. The minimum absolute atomic E-state index is 0.0596. The van der Waals surface area contributed by atoms with E-state index in [9.17, 15) is 9.59 Å². The summed E-state index contributed by atoms with van der Waals surface area (Å²) in [6.45, 7) is 2.73. The molecular formula is C14H16BrNO4. The molecule has 0 aliphatic carbocycles. The Labute approximate surface area is 125 Å². The van der Waals surface area contributed by atoms with Gasteiger partial charge in [-0.15, -0.1) is 0 Å². The first kappa shape index (κ1) is 16.2. The zero-order chi connectivity index (χ0) is 15.0. The average molecular weight is 342 g/mol. The first-order valence-electron chi connectivity index (χ1n) is 6.13. The van der Waals surface area contributed by atoms with Crippen molar-refractivity contribution in [1.82, 2.24) is 5.32 Å². The Morgan fingerprint density at radius 3 is 2.85 bits per heavy atom. The number of carboxylic acids is 1. The summed E-state index contributed by atoms with van der Waals surface area (Å²) >= 11 is 3.33. The second-order valence-corrected chi connectivity index (χ2v) is 4.76. The van der Waals surface area contributed by atoms with Crippen molar-refractivity contribution >= 4 is 33.9 Å². The van der Waals surface area contributed by atoms with Crippen LogP contribution in [0.5, 0.6) is 5.75 Å². The summed E-state index contributed by atoms with van der Waals surface area (Å²) in [6, 6.07) is 5.23. The predicted octanol–water partition coefficient (Wildman–Crippen LogP) is 2.45. The number of ether oxygens (including phenoxy) is 1. The highest BCUT2D eigenvalue weighted by Crippen LogP contribution is 2.23. The summed E-state index contributed by atoms with van der Waals surface area (Å²) in [7, 11) is 0. The molecule has 6 heteroatoms. The van der Waals surface area contributed by atoms with Gasteiger partial charge in [0.05, 0.1) is 13.0 Å². The molecule has 0 radical (unpaired) electrons. The maximum absolute atomic E-state index is 11.3. The summed E-state index contributed by atoms with van der Waals surface area (Å²) in [5, 5.41) is 11.3. The molecule has 1 aromatic rings. The van der Waals surface area contributed by atoms with Gasteiger partial charge in [-0.1, -0.05) is 15.9 Å². The van der Waals surface area contributed by atoms with Crippen LogP contribution >= 0.6 is 15.9 Å². The standard InChI is InChI=1S/C14H16BrNO4/c1-2-16-13(17)7-8-20-11-4-5-12(15)10(9-11)3-6-14(18)19/h3-6,9H,2,7-8H2,1H3,(H,16,17)(H,18,19)/b6-3+. The fraction of sp³-hybridized carbons (Fsp3) is 0.286. The molecule has 0 spiro atoms. The molecule has 0 aromatic heterocycles. The molecule has 2 N–H and O–H groups in total. The van der Waals surface area contributed by atoms with Crippen LogP contribution < -0.4 is 10.1 Å². The minimum atomic E-state index is -1.01. The van der Waals surface area contributed by atoms with Gasteiger partial charge in [0.25, 0.3) is 0 Å². The van der Waals surface area contributed by atoms with Crippen molar-refractivity contribution in [3.05, 3.63) is 34.3 Å². The molecule has 0 saturated carbocycles. The molecule has 5 nitrogen and oxygen atoms in total. The van der Waals surface area contributed by atoms with E-state index in [0.29, 0.717) is 17.9 Å². The Morgan fingerprint density at radius 2 is 2.20 bits per heavy atom. The van der Waals surface area contributed by atoms with Gasteiger partial charge in [-0.25, -0.2) is 4.79 Å². The van der Waals surface area contributed by atoms with E-state index in [4.69, 9.17) is 9.84 Å². The average Bonchev–Trinajstić information content (AvgIpc) is 2.39. The highest BCUT2D eigenvalue weighted by Gasteiger charge is 2.03. The van der Waals surface area contributed by atoms with Gasteiger partial charge in [0.1, 0.15) is 5.75 Å². The van der Waals surface area contributed by atoms with Gasteiger partial charge in [-0.2, -0.15) is 0 Å². The van der Waals surface area contributed by atoms with Crippen LogP contribution in [0.3, 0.4) is 0 Å². The van der Waals surface area contributed by atoms with Crippen LogP contribution in [0.25, 0.3) is 6.08 Å². The van der Waals surface area contributed by atoms with Gasteiger partial charge in [0.15, 0.2) is 0 Å². The molecule has 0 aliphatic heterocycles. The smallest absolute Gasteiger partial charge is 0.328 e. The lowest BCUT2D eigenvalue weighted by atomic mass is 10.2. The Morgan fingerprint density at radius 1 is 1.45 bits per heavy atom. The number of halogens is 1. The van der Waals surface area contributed by atoms with Crippen molar-refractivity contribution in [2.24, 2.45) is 0 Å². The molecule has 0 aliphatic rings. The molecule has 0 fully saturated rings. The molecule has 1 rings (SSSR count). The summed E-state index contributed by atoms with van der Waals surface area (Å²) in [6.07, 6.45) is 2.81. The van der Waals surface area contributed by atoms with Crippen LogP contribution in [0.4, 0.5) is 0 Å². The van der Waals surface area contributed by atoms with E-state index in [-0.39, 0.29) is 18.9 Å². The normalized spacial score (nSPS) is 10.5. The molecular weight excluding hydrogens is 326 g/mol. The number of aliphatic carboxylic acids is 1. The first-order chi connectivity index (χ1) is 9.52. The van der Waals surface area contributed by atoms with Crippen molar-refractivity contribution in [2.45, 2.75) is 13.3 Å². The van der Waals surface area contributed by atoms with Crippen LogP contribution in [-0.2, 0) is 9.59 Å². The topological polar surface area (TPSA) is 75.6 Å². The maximum Gasteiger partial charge on any atom is 0.328 e. The predicted molar refractivity (Wildman–Crippen MR) is 79.6 cm³/mol. The molecule has 108 valence electrons. The number of hydrogen-bond acceptors (Lipinski definition) is 3. The van der Waals surface area contributed by atoms with Crippen LogP contribution in [0, 0.1) is 0 Å². The van der Waals surface area contributed by atoms with Gasteiger partial charge < -0.3 is 15.2 Å². The zero-order valence-electron chi connectivity index (χ0n) is 11.1. The van der Waals surface area contributed by atoms with Gasteiger partial charge in [0, 0.05) is 17.1 Å². The lowest BCUT2D eigenvalue weighted by Crippen LogP contribution is -2.24. The van der Waals surface area contributed by atoms with E-state index < -0.39 is 5.97 Å². The minimum Gasteiger partial charge on any atom is -0.493 e. The zero-order valence-corrected chi connectivity index (χ0v) is 12.6. The highest BCUT2D eigenvalue weighted by atomic mass is 79.9. The van der Waals surface area contributed by atoms with Crippen molar-refractivity contribution in [3.8, 4) is 5.75 Å². The molecule has 1 aromatic carbocycles. The Kier molecular flexibility index (Phi) is 6.79. The summed E-state index contributed by atoms with van der Waals surface area (Å²) < 4.78 is 6.23. The monoisotopic (exact) mass is 341 g/mol. The Hall–Kier alpha value is -1.82. The van der Waals surface area contributed by atoms with E-state index in [1.54, 1.807) is 18.2 Å². The molecule has 1 amide bonds. The van der Waals surface area contributed by atoms with Crippen LogP contribution in [0.15, 0.2) is 28.7 Å². The van der Waals surface area contributed by atoms with E-state index in [2.05, 4.69) is 21.2 Å². The van der Waals surface area contributed by atoms with E-state index in [1.165, 1.54) is 6.08 Å². The molecule has 0 saturated heterocycles. The van der Waals surface area contributed by atoms with Crippen molar-refractivity contribution < 1.29 is 19.4 Å². The van der Waals surface area contributed by atoms with Crippen LogP contribution in [0.1, 0.15) is 18.9 Å². The summed E-state index contributed by atoms with van der Waals surface area (Å²) in [5.74, 6) is -0.488. The largest absolute Gasteiger partial charge is 0.493 e. The molecule has 0 unspecified atom stereocenters. The Balaban J connectivity index is 2.61. The Bertz CT molecular complexity index is 514. The fourth-order valence-corrected chi connectivity index (χ4v) is 1.83. The molecule has 20 heavy (non-hydrogen) atoms. The number of hydrogen-bond donors (Lipinski definition) is 2. The van der Waals surface area contributed by atoms with E-state index in [1.807, 2.05) is 6.92 Å². The third-order valence-corrected chi connectivity index (χ3v) is 3.07. The lowest BCUT2D eigenvalue weighted by molar-refractivity contribution is -0.131. The molecule has 0 bridgehead atoms. The number of carbonyl (C=O) groups is 2. The van der Waals surface area contributed by atoms with E-state index >= 15 is 0 Å². The number of nitrogens with one attached hydrogen (secondary N) is 1. The van der Waals surface area contributed by atoms with Gasteiger partial charge in [-0.05, 0) is 36.8 Å². The first-order valence-corrected chi connectivity index (χ1v) is 6.92. The van der Waals surface area contributed by atoms with E-state index in [0.717, 1.165) is 10.5 Å². The van der Waals surface area contributed by atoms with Crippen molar-refractivity contribution in [3.63, 3.8) is 0 Å². The second-order valence-electron chi connectivity index (χ2n) is 3.91. The van der Waals surface area contributed by atoms with Crippen molar-refractivity contribution in [1.29, 1.82) is 0 Å².